The lowest BCUT2D eigenvalue weighted by Gasteiger charge is -2.18. The van der Waals surface area contributed by atoms with Crippen LogP contribution in [-0.4, -0.2) is 27.4 Å². The second kappa shape index (κ2) is 7.68. The van der Waals surface area contributed by atoms with E-state index in [0.717, 1.165) is 25.0 Å². The van der Waals surface area contributed by atoms with E-state index in [1.807, 2.05) is 18.4 Å². The molecule has 0 saturated heterocycles. The number of fused-ring (bicyclic) bond motifs is 1. The number of amides is 2. The second-order valence-corrected chi connectivity index (χ2v) is 6.56. The Morgan fingerprint density at radius 2 is 2.04 bits per heavy atom. The van der Waals surface area contributed by atoms with E-state index in [0.29, 0.717) is 13.0 Å². The summed E-state index contributed by atoms with van der Waals surface area (Å²) in [5.74, 6) is -1.04. The lowest BCUT2D eigenvalue weighted by molar-refractivity contribution is 0.0923. The van der Waals surface area contributed by atoms with Crippen LogP contribution in [0.1, 0.15) is 59.9 Å². The van der Waals surface area contributed by atoms with Crippen LogP contribution in [0.3, 0.4) is 0 Å². The number of para-hydroxylation sites is 1. The number of imidazole rings is 1. The molecule has 1 aliphatic rings. The minimum Gasteiger partial charge on any atom is -0.347 e. The first-order valence-corrected chi connectivity index (χ1v) is 8.97. The maximum Gasteiger partial charge on any atom is 0.287 e. The third-order valence-corrected chi connectivity index (χ3v) is 4.65. The Labute approximate surface area is 151 Å². The van der Waals surface area contributed by atoms with Gasteiger partial charge in [-0.15, -0.1) is 0 Å². The Bertz CT molecular complexity index is 831. The van der Waals surface area contributed by atoms with Gasteiger partial charge in [0.15, 0.2) is 11.5 Å². The summed E-state index contributed by atoms with van der Waals surface area (Å²) in [4.78, 5) is 29.5. The van der Waals surface area contributed by atoms with Crippen molar-refractivity contribution in [3.63, 3.8) is 0 Å². The maximum absolute atomic E-state index is 13.8. The number of carbonyl (C=O) groups is 2. The quantitative estimate of drug-likeness (QED) is 0.862. The van der Waals surface area contributed by atoms with Crippen LogP contribution >= 0.6 is 0 Å². The summed E-state index contributed by atoms with van der Waals surface area (Å²) in [6.45, 7) is 4.56. The molecule has 0 aliphatic carbocycles. The van der Waals surface area contributed by atoms with Gasteiger partial charge in [0.25, 0.3) is 11.8 Å². The molecule has 0 bridgehead atoms. The standard InChI is InChI=1S/C19H23FN4O2/c1-3-12(2)21-19(26)17-23-16(15-10-6-7-11-24(15)17)18(25)22-14-9-5-4-8-13(14)20/h4-5,8-9,12H,3,6-7,10-11H2,1-2H3,(H,21,26)(H,22,25). The van der Waals surface area contributed by atoms with Gasteiger partial charge in [-0.1, -0.05) is 19.1 Å². The highest BCUT2D eigenvalue weighted by molar-refractivity contribution is 6.05. The number of hydrogen-bond acceptors (Lipinski definition) is 3. The summed E-state index contributed by atoms with van der Waals surface area (Å²) in [6, 6.07) is 6.00. The van der Waals surface area contributed by atoms with Gasteiger partial charge in [-0.05, 0) is 44.7 Å². The Morgan fingerprint density at radius 3 is 2.77 bits per heavy atom. The zero-order chi connectivity index (χ0) is 18.7. The second-order valence-electron chi connectivity index (χ2n) is 6.56. The summed E-state index contributed by atoms with van der Waals surface area (Å²) < 4.78 is 15.6. The fraction of sp³-hybridized carbons (Fsp3) is 0.421. The van der Waals surface area contributed by atoms with Crippen LogP contribution in [0.4, 0.5) is 10.1 Å². The largest absolute Gasteiger partial charge is 0.347 e. The van der Waals surface area contributed by atoms with Crippen molar-refractivity contribution in [3.05, 3.63) is 47.3 Å². The Balaban J connectivity index is 1.91. The number of carbonyl (C=O) groups excluding carboxylic acids is 2. The number of benzene rings is 1. The van der Waals surface area contributed by atoms with Crippen LogP contribution in [0.15, 0.2) is 24.3 Å². The topological polar surface area (TPSA) is 76.0 Å². The van der Waals surface area contributed by atoms with Crippen LogP contribution in [0.2, 0.25) is 0 Å². The van der Waals surface area contributed by atoms with Crippen molar-refractivity contribution in [1.82, 2.24) is 14.9 Å². The summed E-state index contributed by atoms with van der Waals surface area (Å²) in [5, 5.41) is 5.45. The molecule has 138 valence electrons. The average molecular weight is 358 g/mol. The molecule has 7 heteroatoms. The molecule has 6 nitrogen and oxygen atoms in total. The summed E-state index contributed by atoms with van der Waals surface area (Å²) in [5.41, 5.74) is 1.03. The molecule has 1 unspecified atom stereocenters. The molecule has 0 radical (unpaired) electrons. The Hall–Kier alpha value is -2.70. The fourth-order valence-corrected chi connectivity index (χ4v) is 3.03. The van der Waals surface area contributed by atoms with Crippen molar-refractivity contribution in [3.8, 4) is 0 Å². The molecule has 1 aliphatic heterocycles. The van der Waals surface area contributed by atoms with Crippen LogP contribution in [-0.2, 0) is 13.0 Å². The third-order valence-electron chi connectivity index (χ3n) is 4.65. The van der Waals surface area contributed by atoms with Crippen LogP contribution in [0.25, 0.3) is 0 Å². The van der Waals surface area contributed by atoms with Crippen LogP contribution in [0, 0.1) is 5.82 Å². The number of anilines is 1. The normalized spacial score (nSPS) is 14.4. The zero-order valence-corrected chi connectivity index (χ0v) is 15.0. The van der Waals surface area contributed by atoms with Crippen molar-refractivity contribution in [2.45, 2.75) is 52.1 Å². The van der Waals surface area contributed by atoms with E-state index in [-0.39, 0.29) is 29.2 Å². The van der Waals surface area contributed by atoms with Gasteiger partial charge in [0.2, 0.25) is 0 Å². The molecule has 0 saturated carbocycles. The van der Waals surface area contributed by atoms with Crippen LogP contribution in [0.5, 0.6) is 0 Å². The number of nitrogens with zero attached hydrogens (tertiary/aromatic N) is 2. The van der Waals surface area contributed by atoms with Crippen molar-refractivity contribution in [2.24, 2.45) is 0 Å². The molecular formula is C19H23FN4O2. The Morgan fingerprint density at radius 1 is 1.27 bits per heavy atom. The van der Waals surface area contributed by atoms with Gasteiger partial charge >= 0.3 is 0 Å². The fourth-order valence-electron chi connectivity index (χ4n) is 3.03. The molecule has 2 aromatic rings. The lowest BCUT2D eigenvalue weighted by atomic mass is 10.1. The van der Waals surface area contributed by atoms with Gasteiger partial charge in [-0.3, -0.25) is 9.59 Å². The first-order chi connectivity index (χ1) is 12.5. The number of nitrogens with one attached hydrogen (secondary N) is 2. The molecule has 1 aromatic carbocycles. The lowest BCUT2D eigenvalue weighted by Crippen LogP contribution is -2.34. The molecule has 26 heavy (non-hydrogen) atoms. The third kappa shape index (κ3) is 3.61. The number of rotatable bonds is 5. The molecule has 0 fully saturated rings. The molecule has 2 N–H and O–H groups in total. The monoisotopic (exact) mass is 358 g/mol. The molecule has 1 atom stereocenters. The number of hydrogen-bond donors (Lipinski definition) is 2. The van der Waals surface area contributed by atoms with Crippen molar-refractivity contribution in [1.29, 1.82) is 0 Å². The van der Waals surface area contributed by atoms with Gasteiger partial charge in [0.05, 0.1) is 11.4 Å². The Kier molecular flexibility index (Phi) is 5.35. The molecule has 3 rings (SSSR count). The van der Waals surface area contributed by atoms with E-state index in [9.17, 15) is 14.0 Å². The first-order valence-electron chi connectivity index (χ1n) is 8.97. The summed E-state index contributed by atoms with van der Waals surface area (Å²) >= 11 is 0. The smallest absolute Gasteiger partial charge is 0.287 e. The predicted octanol–water partition coefficient (Wildman–Crippen LogP) is 3.14. The van der Waals surface area contributed by atoms with Gasteiger partial charge in [0.1, 0.15) is 5.82 Å². The molecular weight excluding hydrogens is 335 g/mol. The summed E-state index contributed by atoms with van der Waals surface area (Å²) in [7, 11) is 0. The van der Waals surface area contributed by atoms with E-state index < -0.39 is 11.7 Å². The minimum absolute atomic E-state index is 0.0229. The van der Waals surface area contributed by atoms with E-state index in [2.05, 4.69) is 15.6 Å². The number of halogens is 1. The van der Waals surface area contributed by atoms with E-state index in [1.54, 1.807) is 12.1 Å². The minimum atomic E-state index is -0.510. The molecule has 2 heterocycles. The predicted molar refractivity (Wildman–Crippen MR) is 96.7 cm³/mol. The number of aromatic nitrogens is 2. The van der Waals surface area contributed by atoms with Gasteiger partial charge < -0.3 is 15.2 Å². The van der Waals surface area contributed by atoms with E-state index >= 15 is 0 Å². The van der Waals surface area contributed by atoms with E-state index in [1.165, 1.54) is 12.1 Å². The molecule has 2 amide bonds. The average Bonchev–Trinajstić information content (AvgIpc) is 3.03. The molecule has 1 aromatic heterocycles. The van der Waals surface area contributed by atoms with Gasteiger partial charge in [-0.25, -0.2) is 9.37 Å². The zero-order valence-electron chi connectivity index (χ0n) is 15.0. The highest BCUT2D eigenvalue weighted by Crippen LogP contribution is 2.23. The highest BCUT2D eigenvalue weighted by atomic mass is 19.1. The summed E-state index contributed by atoms with van der Waals surface area (Å²) in [6.07, 6.45) is 3.34. The van der Waals surface area contributed by atoms with Gasteiger partial charge in [-0.2, -0.15) is 0 Å². The highest BCUT2D eigenvalue weighted by Gasteiger charge is 2.28. The van der Waals surface area contributed by atoms with Crippen molar-refractivity contribution < 1.29 is 14.0 Å². The van der Waals surface area contributed by atoms with Crippen LogP contribution < -0.4 is 10.6 Å². The van der Waals surface area contributed by atoms with Gasteiger partial charge in [0, 0.05) is 12.6 Å². The maximum atomic E-state index is 13.8. The van der Waals surface area contributed by atoms with Crippen molar-refractivity contribution in [2.75, 3.05) is 5.32 Å². The van der Waals surface area contributed by atoms with Crippen molar-refractivity contribution >= 4 is 17.5 Å². The molecule has 0 spiro atoms. The van der Waals surface area contributed by atoms with E-state index in [4.69, 9.17) is 0 Å². The SMILES string of the molecule is CCC(C)NC(=O)c1nc(C(=O)Nc2ccccc2F)c2n1CCCC2. The first kappa shape index (κ1) is 18.1.